The van der Waals surface area contributed by atoms with Crippen LogP contribution in [0.2, 0.25) is 0 Å². The van der Waals surface area contributed by atoms with Gasteiger partial charge < -0.3 is 5.11 Å². The lowest BCUT2D eigenvalue weighted by molar-refractivity contribution is 0.0827. The van der Waals surface area contributed by atoms with Gasteiger partial charge >= 0.3 is 0 Å². The summed E-state index contributed by atoms with van der Waals surface area (Å²) < 4.78 is 0. The predicted octanol–water partition coefficient (Wildman–Crippen LogP) is 2.11. The number of aliphatic hydroxyl groups is 1. The molecular weight excluding hydrogens is 112 g/mol. The van der Waals surface area contributed by atoms with Crippen LogP contribution in [0.4, 0.5) is 0 Å². The SMILES string of the molecule is CC=CC(O)(CC)CC. The molecule has 0 radical (unpaired) electrons. The molecular formula is C8H16O. The lowest BCUT2D eigenvalue weighted by atomic mass is 9.97. The van der Waals surface area contributed by atoms with E-state index in [0.717, 1.165) is 12.8 Å². The maximum atomic E-state index is 9.54. The molecule has 0 atom stereocenters. The van der Waals surface area contributed by atoms with Gasteiger partial charge in [0.25, 0.3) is 0 Å². The Kier molecular flexibility index (Phi) is 3.55. The van der Waals surface area contributed by atoms with Crippen LogP contribution in [0.5, 0.6) is 0 Å². The van der Waals surface area contributed by atoms with Crippen LogP contribution in [0, 0.1) is 0 Å². The molecule has 0 amide bonds. The van der Waals surface area contributed by atoms with Gasteiger partial charge in [-0.25, -0.2) is 0 Å². The van der Waals surface area contributed by atoms with E-state index in [1.165, 1.54) is 0 Å². The van der Waals surface area contributed by atoms with Crippen molar-refractivity contribution in [1.82, 2.24) is 0 Å². The van der Waals surface area contributed by atoms with Gasteiger partial charge in [-0.3, -0.25) is 0 Å². The van der Waals surface area contributed by atoms with Gasteiger partial charge in [0, 0.05) is 0 Å². The lowest BCUT2D eigenvalue weighted by Gasteiger charge is -2.19. The average Bonchev–Trinajstić information content (AvgIpc) is 1.89. The Morgan fingerprint density at radius 2 is 1.78 bits per heavy atom. The highest BCUT2D eigenvalue weighted by molar-refractivity contribution is 4.97. The van der Waals surface area contributed by atoms with Crippen LogP contribution >= 0.6 is 0 Å². The highest BCUT2D eigenvalue weighted by Gasteiger charge is 2.16. The fourth-order valence-corrected chi connectivity index (χ4v) is 0.796. The van der Waals surface area contributed by atoms with E-state index in [4.69, 9.17) is 0 Å². The van der Waals surface area contributed by atoms with Gasteiger partial charge in [0.2, 0.25) is 0 Å². The zero-order valence-electron chi connectivity index (χ0n) is 6.52. The Morgan fingerprint density at radius 3 is 1.89 bits per heavy atom. The summed E-state index contributed by atoms with van der Waals surface area (Å²) >= 11 is 0. The van der Waals surface area contributed by atoms with Gasteiger partial charge in [-0.15, -0.1) is 0 Å². The van der Waals surface area contributed by atoms with Crippen molar-refractivity contribution >= 4 is 0 Å². The number of allylic oxidation sites excluding steroid dienone is 1. The molecule has 0 rings (SSSR count). The van der Waals surface area contributed by atoms with E-state index in [1.807, 2.05) is 32.9 Å². The van der Waals surface area contributed by atoms with Gasteiger partial charge in [-0.1, -0.05) is 26.0 Å². The second kappa shape index (κ2) is 3.67. The molecule has 0 bridgehead atoms. The molecule has 0 aromatic rings. The molecule has 0 aromatic carbocycles. The first-order valence-electron chi connectivity index (χ1n) is 3.54. The average molecular weight is 128 g/mol. The van der Waals surface area contributed by atoms with E-state index in [2.05, 4.69) is 0 Å². The monoisotopic (exact) mass is 128 g/mol. The van der Waals surface area contributed by atoms with E-state index >= 15 is 0 Å². The lowest BCUT2D eigenvalue weighted by Crippen LogP contribution is -2.22. The standard InChI is InChI=1S/C8H16O/c1-4-7-8(9,5-2)6-3/h4,7,9H,5-6H2,1-3H3. The predicted molar refractivity (Wildman–Crippen MR) is 40.3 cm³/mol. The molecule has 0 unspecified atom stereocenters. The van der Waals surface area contributed by atoms with Crippen LogP contribution in [0.1, 0.15) is 33.6 Å². The first-order chi connectivity index (χ1) is 4.18. The molecule has 0 saturated carbocycles. The molecule has 0 saturated heterocycles. The summed E-state index contributed by atoms with van der Waals surface area (Å²) in [5, 5.41) is 9.54. The first kappa shape index (κ1) is 8.70. The van der Waals surface area contributed by atoms with Crippen LogP contribution in [0.3, 0.4) is 0 Å². The van der Waals surface area contributed by atoms with Crippen molar-refractivity contribution in [2.24, 2.45) is 0 Å². The molecule has 1 heteroatoms. The summed E-state index contributed by atoms with van der Waals surface area (Å²) in [7, 11) is 0. The zero-order valence-corrected chi connectivity index (χ0v) is 6.52. The minimum atomic E-state index is -0.547. The van der Waals surface area contributed by atoms with Gasteiger partial charge in [0.05, 0.1) is 5.60 Å². The summed E-state index contributed by atoms with van der Waals surface area (Å²) in [5.41, 5.74) is -0.547. The van der Waals surface area contributed by atoms with Crippen LogP contribution in [0.25, 0.3) is 0 Å². The normalized spacial score (nSPS) is 12.9. The van der Waals surface area contributed by atoms with Crippen LogP contribution in [0.15, 0.2) is 12.2 Å². The molecule has 9 heavy (non-hydrogen) atoms. The van der Waals surface area contributed by atoms with Gasteiger partial charge in [0.15, 0.2) is 0 Å². The van der Waals surface area contributed by atoms with Crippen LogP contribution in [-0.4, -0.2) is 10.7 Å². The molecule has 0 fully saturated rings. The van der Waals surface area contributed by atoms with E-state index in [1.54, 1.807) is 0 Å². The Bertz CT molecular complexity index is 90.7. The van der Waals surface area contributed by atoms with Crippen molar-refractivity contribution in [1.29, 1.82) is 0 Å². The summed E-state index contributed by atoms with van der Waals surface area (Å²) in [6.45, 7) is 5.91. The van der Waals surface area contributed by atoms with E-state index < -0.39 is 5.60 Å². The third-order valence-electron chi connectivity index (χ3n) is 1.70. The van der Waals surface area contributed by atoms with Crippen molar-refractivity contribution in [2.75, 3.05) is 0 Å². The minimum absolute atomic E-state index is 0.547. The summed E-state index contributed by atoms with van der Waals surface area (Å²) in [6.07, 6.45) is 5.35. The van der Waals surface area contributed by atoms with Crippen LogP contribution < -0.4 is 0 Å². The molecule has 0 aliphatic rings. The maximum Gasteiger partial charge on any atom is 0.0822 e. The largest absolute Gasteiger partial charge is 0.386 e. The van der Waals surface area contributed by atoms with Crippen molar-refractivity contribution in [3.05, 3.63) is 12.2 Å². The summed E-state index contributed by atoms with van der Waals surface area (Å²) in [5.74, 6) is 0. The van der Waals surface area contributed by atoms with Crippen molar-refractivity contribution in [2.45, 2.75) is 39.2 Å². The Labute approximate surface area is 57.4 Å². The van der Waals surface area contributed by atoms with Gasteiger partial charge in [0.1, 0.15) is 0 Å². The highest BCUT2D eigenvalue weighted by Crippen LogP contribution is 2.15. The molecule has 0 aliphatic carbocycles. The fraction of sp³-hybridized carbons (Fsp3) is 0.750. The van der Waals surface area contributed by atoms with Crippen molar-refractivity contribution in [3.8, 4) is 0 Å². The third kappa shape index (κ3) is 2.66. The topological polar surface area (TPSA) is 20.2 Å². The van der Waals surface area contributed by atoms with E-state index in [0.29, 0.717) is 0 Å². The fourth-order valence-electron chi connectivity index (χ4n) is 0.796. The van der Waals surface area contributed by atoms with E-state index in [-0.39, 0.29) is 0 Å². The molecule has 1 nitrogen and oxygen atoms in total. The minimum Gasteiger partial charge on any atom is -0.386 e. The number of hydrogen-bond donors (Lipinski definition) is 1. The molecule has 0 heterocycles. The molecule has 0 spiro atoms. The first-order valence-corrected chi connectivity index (χ1v) is 3.54. The highest BCUT2D eigenvalue weighted by atomic mass is 16.3. The number of rotatable bonds is 3. The Hall–Kier alpha value is -0.300. The summed E-state index contributed by atoms with van der Waals surface area (Å²) in [6, 6.07) is 0. The van der Waals surface area contributed by atoms with E-state index in [9.17, 15) is 5.11 Å². The summed E-state index contributed by atoms with van der Waals surface area (Å²) in [4.78, 5) is 0. The molecule has 1 N–H and O–H groups in total. The quantitative estimate of drug-likeness (QED) is 0.577. The number of hydrogen-bond acceptors (Lipinski definition) is 1. The third-order valence-corrected chi connectivity index (χ3v) is 1.70. The molecule has 54 valence electrons. The molecule has 0 aliphatic heterocycles. The van der Waals surface area contributed by atoms with Crippen LogP contribution in [-0.2, 0) is 0 Å². The Balaban J connectivity index is 3.92. The van der Waals surface area contributed by atoms with Gasteiger partial charge in [-0.2, -0.15) is 0 Å². The Morgan fingerprint density at radius 1 is 1.33 bits per heavy atom. The zero-order chi connectivity index (χ0) is 7.33. The van der Waals surface area contributed by atoms with Crippen molar-refractivity contribution < 1.29 is 5.11 Å². The molecule has 0 aromatic heterocycles. The smallest absolute Gasteiger partial charge is 0.0822 e. The van der Waals surface area contributed by atoms with Crippen molar-refractivity contribution in [3.63, 3.8) is 0 Å². The second-order valence-electron chi connectivity index (χ2n) is 2.31. The maximum absolute atomic E-state index is 9.54. The van der Waals surface area contributed by atoms with Gasteiger partial charge in [-0.05, 0) is 19.8 Å². The second-order valence-corrected chi connectivity index (χ2v) is 2.31.